The molecule has 0 N–H and O–H groups in total. The largest absolute Gasteiger partial charge is 0.495 e. The first-order valence-corrected chi connectivity index (χ1v) is 11.1. The van der Waals surface area contributed by atoms with E-state index in [0.29, 0.717) is 29.7 Å². The van der Waals surface area contributed by atoms with Crippen LogP contribution in [0.4, 0.5) is 4.39 Å². The van der Waals surface area contributed by atoms with E-state index in [1.165, 1.54) is 12.1 Å². The third-order valence-corrected chi connectivity index (χ3v) is 6.59. The SMILES string of the molecule is COc1cc(/C=c2/c(=O)n3c(n2C)=NCCC3(C)c2ccc(F)cc2)ccc1-n1cnc(C)c1. The Kier molecular flexibility index (Phi) is 5.23. The van der Waals surface area contributed by atoms with Crippen molar-refractivity contribution in [2.24, 2.45) is 12.0 Å². The summed E-state index contributed by atoms with van der Waals surface area (Å²) in [5, 5.41) is 0.516. The van der Waals surface area contributed by atoms with Crippen LogP contribution in [0.15, 0.2) is 64.8 Å². The van der Waals surface area contributed by atoms with Crippen LogP contribution in [-0.2, 0) is 12.6 Å². The predicted molar refractivity (Wildman–Crippen MR) is 128 cm³/mol. The highest BCUT2D eigenvalue weighted by molar-refractivity contribution is 5.58. The van der Waals surface area contributed by atoms with Gasteiger partial charge in [-0.15, -0.1) is 0 Å². The Morgan fingerprint density at radius 2 is 1.94 bits per heavy atom. The molecule has 0 aliphatic carbocycles. The first-order chi connectivity index (χ1) is 16.3. The molecule has 0 amide bonds. The fraction of sp³-hybridized carbons (Fsp3) is 0.269. The zero-order chi connectivity index (χ0) is 24.0. The lowest BCUT2D eigenvalue weighted by Gasteiger charge is -2.33. The van der Waals surface area contributed by atoms with Crippen LogP contribution in [0.2, 0.25) is 0 Å². The van der Waals surface area contributed by atoms with Crippen molar-refractivity contribution in [2.75, 3.05) is 13.7 Å². The van der Waals surface area contributed by atoms with Crippen molar-refractivity contribution < 1.29 is 9.13 Å². The van der Waals surface area contributed by atoms with Gasteiger partial charge < -0.3 is 13.9 Å². The van der Waals surface area contributed by atoms with E-state index in [9.17, 15) is 9.18 Å². The third kappa shape index (κ3) is 3.46. The number of imidazole rings is 2. The quantitative estimate of drug-likeness (QED) is 0.471. The number of aryl methyl sites for hydroxylation is 1. The first kappa shape index (κ1) is 21.9. The highest BCUT2D eigenvalue weighted by atomic mass is 19.1. The molecular weight excluding hydrogens is 433 g/mol. The van der Waals surface area contributed by atoms with Crippen LogP contribution in [0.1, 0.15) is 30.2 Å². The van der Waals surface area contributed by atoms with Gasteiger partial charge in [0.1, 0.15) is 16.9 Å². The summed E-state index contributed by atoms with van der Waals surface area (Å²) in [4.78, 5) is 22.6. The molecule has 0 fully saturated rings. The number of halogens is 1. The standard InChI is InChI=1S/C26H26FN5O2/c1-17-15-31(16-29-17)21-10-5-18(14-23(21)34-4)13-22-24(33)32-25(30(22)3)28-12-11-26(32,2)19-6-8-20(27)9-7-19/h5-10,13-16H,11-12H2,1-4H3/b22-13-. The Morgan fingerprint density at radius 1 is 1.18 bits per heavy atom. The van der Waals surface area contributed by atoms with E-state index in [2.05, 4.69) is 9.98 Å². The second kappa shape index (κ2) is 8.13. The van der Waals surface area contributed by atoms with Gasteiger partial charge in [-0.1, -0.05) is 18.2 Å². The average molecular weight is 460 g/mol. The molecule has 5 rings (SSSR count). The minimum atomic E-state index is -0.619. The number of rotatable bonds is 4. The summed E-state index contributed by atoms with van der Waals surface area (Å²) in [6.45, 7) is 4.52. The maximum Gasteiger partial charge on any atom is 0.278 e. The summed E-state index contributed by atoms with van der Waals surface area (Å²) < 4.78 is 24.6. The van der Waals surface area contributed by atoms with Gasteiger partial charge in [-0.05, 0) is 61.7 Å². The number of methoxy groups -OCH3 is 1. The fourth-order valence-corrected chi connectivity index (χ4v) is 4.66. The zero-order valence-corrected chi connectivity index (χ0v) is 19.6. The molecule has 7 nitrogen and oxygen atoms in total. The number of nitrogens with zero attached hydrogens (tertiary/aromatic N) is 5. The molecule has 0 bridgehead atoms. The van der Waals surface area contributed by atoms with Gasteiger partial charge in [0.15, 0.2) is 0 Å². The lowest BCUT2D eigenvalue weighted by molar-refractivity contribution is 0.318. The Balaban J connectivity index is 1.66. The Bertz CT molecular complexity index is 1560. The van der Waals surface area contributed by atoms with E-state index in [1.54, 1.807) is 30.1 Å². The number of benzene rings is 2. The Hall–Kier alpha value is -3.94. The molecule has 0 saturated carbocycles. The van der Waals surface area contributed by atoms with Gasteiger partial charge in [-0.25, -0.2) is 9.37 Å². The topological polar surface area (TPSA) is 66.3 Å². The maximum absolute atomic E-state index is 13.7. The second-order valence-corrected chi connectivity index (χ2v) is 8.80. The molecule has 1 aliphatic rings. The Morgan fingerprint density at radius 3 is 2.62 bits per heavy atom. The lowest BCUT2D eigenvalue weighted by atomic mass is 9.87. The van der Waals surface area contributed by atoms with E-state index in [-0.39, 0.29) is 11.4 Å². The summed E-state index contributed by atoms with van der Waals surface area (Å²) >= 11 is 0. The van der Waals surface area contributed by atoms with Gasteiger partial charge in [0.25, 0.3) is 5.56 Å². The highest BCUT2D eigenvalue weighted by Crippen LogP contribution is 2.29. The van der Waals surface area contributed by atoms with Crippen LogP contribution in [0.3, 0.4) is 0 Å². The molecular formula is C26H26FN5O2. The van der Waals surface area contributed by atoms with Crippen LogP contribution in [-0.4, -0.2) is 32.3 Å². The van der Waals surface area contributed by atoms with Crippen molar-refractivity contribution in [3.05, 3.63) is 98.9 Å². The third-order valence-electron chi connectivity index (χ3n) is 6.59. The summed E-state index contributed by atoms with van der Waals surface area (Å²) in [7, 11) is 3.47. The van der Waals surface area contributed by atoms with E-state index < -0.39 is 5.54 Å². The van der Waals surface area contributed by atoms with Crippen LogP contribution < -0.4 is 21.3 Å². The molecule has 174 valence electrons. The highest BCUT2D eigenvalue weighted by Gasteiger charge is 2.34. The number of ether oxygens (including phenoxy) is 1. The zero-order valence-electron chi connectivity index (χ0n) is 19.6. The second-order valence-electron chi connectivity index (χ2n) is 8.80. The molecule has 8 heteroatoms. The number of hydrogen-bond donors (Lipinski definition) is 0. The van der Waals surface area contributed by atoms with Gasteiger partial charge in [0.05, 0.1) is 30.4 Å². The molecule has 3 heterocycles. The van der Waals surface area contributed by atoms with Crippen LogP contribution in [0.25, 0.3) is 11.8 Å². The summed E-state index contributed by atoms with van der Waals surface area (Å²) in [6.07, 6.45) is 6.17. The van der Waals surface area contributed by atoms with Gasteiger partial charge in [0, 0.05) is 19.8 Å². The molecule has 0 saturated heterocycles. The van der Waals surface area contributed by atoms with Crippen LogP contribution in [0.5, 0.6) is 5.75 Å². The van der Waals surface area contributed by atoms with E-state index in [1.807, 2.05) is 60.5 Å². The van der Waals surface area contributed by atoms with Crippen molar-refractivity contribution in [3.63, 3.8) is 0 Å². The monoisotopic (exact) mass is 459 g/mol. The molecule has 0 radical (unpaired) electrons. The van der Waals surface area contributed by atoms with Crippen molar-refractivity contribution in [2.45, 2.75) is 25.8 Å². The number of fused-ring (bicyclic) bond motifs is 1. The normalized spacial score (nSPS) is 18.0. The van der Waals surface area contributed by atoms with E-state index in [4.69, 9.17) is 4.74 Å². The molecule has 0 spiro atoms. The molecule has 34 heavy (non-hydrogen) atoms. The van der Waals surface area contributed by atoms with Crippen molar-refractivity contribution in [1.82, 2.24) is 18.7 Å². The first-order valence-electron chi connectivity index (χ1n) is 11.1. The summed E-state index contributed by atoms with van der Waals surface area (Å²) in [6, 6.07) is 12.1. The molecule has 2 aromatic heterocycles. The van der Waals surface area contributed by atoms with Crippen LogP contribution in [0, 0.1) is 12.7 Å². The molecule has 1 atom stereocenters. The Labute approximate surface area is 196 Å². The summed E-state index contributed by atoms with van der Waals surface area (Å²) in [5.74, 6) is 0.372. The lowest BCUT2D eigenvalue weighted by Crippen LogP contribution is -2.49. The number of aromatic nitrogens is 4. The van der Waals surface area contributed by atoms with Crippen LogP contribution >= 0.6 is 0 Å². The average Bonchev–Trinajstić information content (AvgIpc) is 3.37. The smallest absolute Gasteiger partial charge is 0.278 e. The van der Waals surface area contributed by atoms with Crippen molar-refractivity contribution in [1.29, 1.82) is 0 Å². The van der Waals surface area contributed by atoms with Gasteiger partial charge in [-0.3, -0.25) is 14.4 Å². The minimum Gasteiger partial charge on any atom is -0.495 e. The molecule has 1 aliphatic heterocycles. The minimum absolute atomic E-state index is 0.138. The summed E-state index contributed by atoms with van der Waals surface area (Å²) in [5.41, 5.74) is 3.33. The fourth-order valence-electron chi connectivity index (χ4n) is 4.66. The van der Waals surface area contributed by atoms with E-state index in [0.717, 1.165) is 22.5 Å². The van der Waals surface area contributed by atoms with Gasteiger partial charge in [0.2, 0.25) is 5.62 Å². The predicted octanol–water partition coefficient (Wildman–Crippen LogP) is 2.44. The maximum atomic E-state index is 13.7. The molecule has 4 aromatic rings. The van der Waals surface area contributed by atoms with Gasteiger partial charge in [-0.2, -0.15) is 0 Å². The molecule has 1 unspecified atom stereocenters. The van der Waals surface area contributed by atoms with Gasteiger partial charge >= 0.3 is 0 Å². The number of hydrogen-bond acceptors (Lipinski definition) is 4. The van der Waals surface area contributed by atoms with Crippen molar-refractivity contribution in [3.8, 4) is 11.4 Å². The van der Waals surface area contributed by atoms with E-state index >= 15 is 0 Å². The van der Waals surface area contributed by atoms with Crippen molar-refractivity contribution >= 4 is 6.08 Å². The molecule has 2 aromatic carbocycles.